The Morgan fingerprint density at radius 1 is 0.943 bits per heavy atom. The summed E-state index contributed by atoms with van der Waals surface area (Å²) in [7, 11) is 1.46. The smallest absolute Gasteiger partial charge is 0.329 e. The van der Waals surface area contributed by atoms with Crippen molar-refractivity contribution in [3.8, 4) is 11.5 Å². The first kappa shape index (κ1) is 24.9. The molecule has 1 heterocycles. The molecule has 1 N–H and O–H groups in total. The molecule has 0 aromatic heterocycles. The minimum absolute atomic E-state index is 0.00779. The number of nitrogens with zero attached hydrogens (tertiary/aromatic N) is 1. The highest BCUT2D eigenvalue weighted by molar-refractivity contribution is 6.42. The predicted octanol–water partition coefficient (Wildman–Crippen LogP) is 6.47. The maximum absolute atomic E-state index is 13.1. The zero-order chi connectivity index (χ0) is 25.1. The molecule has 3 aromatic rings. The molecule has 0 bridgehead atoms. The zero-order valence-electron chi connectivity index (χ0n) is 18.3. The van der Waals surface area contributed by atoms with Gasteiger partial charge in [0.15, 0.2) is 11.5 Å². The summed E-state index contributed by atoms with van der Waals surface area (Å²) < 4.78 is 24.4. The monoisotopic (exact) mass is 534 g/mol. The average Bonchev–Trinajstić information content (AvgIpc) is 3.08. The van der Waals surface area contributed by atoms with Crippen LogP contribution in [0, 0.1) is 5.82 Å². The lowest BCUT2D eigenvalue weighted by atomic mass is 10.1. The van der Waals surface area contributed by atoms with Crippen LogP contribution in [0.15, 0.2) is 60.3 Å². The van der Waals surface area contributed by atoms with Gasteiger partial charge in [0.1, 0.15) is 18.1 Å². The highest BCUT2D eigenvalue weighted by Gasteiger charge is 2.33. The fourth-order valence-corrected chi connectivity index (χ4v) is 4.00. The molecule has 3 amide bonds. The highest BCUT2D eigenvalue weighted by atomic mass is 35.5. The quantitative estimate of drug-likeness (QED) is 0.278. The molecule has 180 valence electrons. The lowest BCUT2D eigenvalue weighted by Crippen LogP contribution is -2.30. The molecule has 6 nitrogen and oxygen atoms in total. The number of ether oxygens (including phenoxy) is 2. The number of benzene rings is 3. The van der Waals surface area contributed by atoms with Crippen LogP contribution >= 0.6 is 34.8 Å². The van der Waals surface area contributed by atoms with E-state index in [4.69, 9.17) is 44.3 Å². The standard InChI is InChI=1S/C25H18Cl3FN2O4/c1-34-22-11-16(9-20(28)23(22)35-13-15-4-7-18(26)19(27)8-15)10-21-24(32)31(25(33)30-21)12-14-2-5-17(29)6-3-14/h2-11H,12-13H2,1H3,(H,30,33)/b21-10+. The first-order chi connectivity index (χ1) is 16.7. The van der Waals surface area contributed by atoms with Gasteiger partial charge in [0.2, 0.25) is 0 Å². The number of imide groups is 1. The van der Waals surface area contributed by atoms with Crippen LogP contribution in [0.25, 0.3) is 6.08 Å². The predicted molar refractivity (Wildman–Crippen MR) is 132 cm³/mol. The van der Waals surface area contributed by atoms with Crippen LogP contribution in [-0.2, 0) is 17.9 Å². The summed E-state index contributed by atoms with van der Waals surface area (Å²) >= 11 is 18.4. The van der Waals surface area contributed by atoms with Crippen molar-refractivity contribution < 1.29 is 23.5 Å². The van der Waals surface area contributed by atoms with Gasteiger partial charge in [-0.2, -0.15) is 0 Å². The molecule has 1 fully saturated rings. The van der Waals surface area contributed by atoms with Crippen molar-refractivity contribution in [2.75, 3.05) is 7.11 Å². The molecule has 0 unspecified atom stereocenters. The van der Waals surface area contributed by atoms with Crippen molar-refractivity contribution in [1.29, 1.82) is 0 Å². The second kappa shape index (κ2) is 10.6. The summed E-state index contributed by atoms with van der Waals surface area (Å²) in [6, 6.07) is 13.3. The normalized spacial score (nSPS) is 14.4. The van der Waals surface area contributed by atoms with E-state index in [9.17, 15) is 14.0 Å². The Hall–Kier alpha value is -3.26. The molecule has 0 aliphatic carbocycles. The largest absolute Gasteiger partial charge is 0.493 e. The molecule has 4 rings (SSSR count). The third-order valence-corrected chi connectivity index (χ3v) is 6.17. The van der Waals surface area contributed by atoms with Gasteiger partial charge >= 0.3 is 6.03 Å². The fraction of sp³-hybridized carbons (Fsp3) is 0.120. The Labute approximate surface area is 215 Å². The van der Waals surface area contributed by atoms with Gasteiger partial charge in [-0.05, 0) is 59.2 Å². The summed E-state index contributed by atoms with van der Waals surface area (Å²) in [5, 5.41) is 3.64. The molecule has 1 aliphatic heterocycles. The SMILES string of the molecule is COc1cc(/C=C2/NC(=O)N(Cc3ccc(F)cc3)C2=O)cc(Cl)c1OCc1ccc(Cl)c(Cl)c1. The number of rotatable bonds is 7. The summed E-state index contributed by atoms with van der Waals surface area (Å²) in [5.74, 6) is -0.275. The molecular weight excluding hydrogens is 518 g/mol. The van der Waals surface area contributed by atoms with E-state index in [0.717, 1.165) is 10.5 Å². The summed E-state index contributed by atoms with van der Waals surface area (Å²) in [6.07, 6.45) is 1.49. The number of nitrogens with one attached hydrogen (secondary N) is 1. The number of halogens is 4. The van der Waals surface area contributed by atoms with Gasteiger partial charge < -0.3 is 14.8 Å². The fourth-order valence-electron chi connectivity index (χ4n) is 3.40. The van der Waals surface area contributed by atoms with Crippen molar-refractivity contribution >= 4 is 52.8 Å². The van der Waals surface area contributed by atoms with Gasteiger partial charge in [-0.25, -0.2) is 9.18 Å². The van der Waals surface area contributed by atoms with E-state index in [0.29, 0.717) is 32.7 Å². The van der Waals surface area contributed by atoms with E-state index in [1.165, 1.54) is 37.5 Å². The van der Waals surface area contributed by atoms with Crippen molar-refractivity contribution in [3.05, 3.63) is 97.9 Å². The van der Waals surface area contributed by atoms with Crippen molar-refractivity contribution in [2.24, 2.45) is 0 Å². The first-order valence-corrected chi connectivity index (χ1v) is 11.4. The second-order valence-electron chi connectivity index (χ2n) is 7.58. The third kappa shape index (κ3) is 5.70. The highest BCUT2D eigenvalue weighted by Crippen LogP contribution is 2.38. The molecule has 1 saturated heterocycles. The Kier molecular flexibility index (Phi) is 7.50. The number of amides is 3. The number of methoxy groups -OCH3 is 1. The topological polar surface area (TPSA) is 67.9 Å². The summed E-state index contributed by atoms with van der Waals surface area (Å²) in [4.78, 5) is 26.2. The van der Waals surface area contributed by atoms with E-state index in [-0.39, 0.29) is 23.9 Å². The van der Waals surface area contributed by atoms with E-state index < -0.39 is 17.8 Å². The Bertz CT molecular complexity index is 1330. The van der Waals surface area contributed by atoms with Crippen molar-refractivity contribution in [1.82, 2.24) is 10.2 Å². The van der Waals surface area contributed by atoms with Crippen LogP contribution in [0.4, 0.5) is 9.18 Å². The van der Waals surface area contributed by atoms with Crippen LogP contribution in [0.3, 0.4) is 0 Å². The van der Waals surface area contributed by atoms with E-state index in [2.05, 4.69) is 5.32 Å². The second-order valence-corrected chi connectivity index (χ2v) is 8.80. The van der Waals surface area contributed by atoms with Gasteiger partial charge in [-0.3, -0.25) is 9.69 Å². The lowest BCUT2D eigenvalue weighted by molar-refractivity contribution is -0.123. The number of hydrogen-bond donors (Lipinski definition) is 1. The number of carbonyl (C=O) groups is 2. The van der Waals surface area contributed by atoms with Crippen molar-refractivity contribution in [3.63, 3.8) is 0 Å². The lowest BCUT2D eigenvalue weighted by Gasteiger charge is -2.14. The van der Waals surface area contributed by atoms with Gasteiger partial charge in [0.05, 0.1) is 28.7 Å². The van der Waals surface area contributed by atoms with Crippen LogP contribution < -0.4 is 14.8 Å². The Morgan fingerprint density at radius 3 is 2.34 bits per heavy atom. The molecule has 10 heteroatoms. The number of carbonyl (C=O) groups excluding carboxylic acids is 2. The Balaban J connectivity index is 1.52. The zero-order valence-corrected chi connectivity index (χ0v) is 20.5. The van der Waals surface area contributed by atoms with Crippen LogP contribution in [0.1, 0.15) is 16.7 Å². The summed E-state index contributed by atoms with van der Waals surface area (Å²) in [6.45, 7) is 0.175. The van der Waals surface area contributed by atoms with Gasteiger partial charge in [0, 0.05) is 0 Å². The average molecular weight is 536 g/mol. The summed E-state index contributed by atoms with van der Waals surface area (Å²) in [5.41, 5.74) is 1.98. The molecule has 35 heavy (non-hydrogen) atoms. The first-order valence-electron chi connectivity index (χ1n) is 10.3. The molecule has 1 aliphatic rings. The number of urea groups is 1. The van der Waals surface area contributed by atoms with Gasteiger partial charge in [-0.15, -0.1) is 0 Å². The molecule has 0 saturated carbocycles. The maximum Gasteiger partial charge on any atom is 0.329 e. The van der Waals surface area contributed by atoms with E-state index >= 15 is 0 Å². The van der Waals surface area contributed by atoms with Crippen LogP contribution in [-0.4, -0.2) is 23.9 Å². The molecule has 0 radical (unpaired) electrons. The van der Waals surface area contributed by atoms with Crippen LogP contribution in [0.5, 0.6) is 11.5 Å². The van der Waals surface area contributed by atoms with Crippen molar-refractivity contribution in [2.45, 2.75) is 13.2 Å². The Morgan fingerprint density at radius 2 is 1.66 bits per heavy atom. The third-order valence-electron chi connectivity index (χ3n) is 5.15. The molecule has 0 spiro atoms. The molecular formula is C25H18Cl3FN2O4. The minimum Gasteiger partial charge on any atom is -0.493 e. The molecule has 3 aromatic carbocycles. The van der Waals surface area contributed by atoms with E-state index in [1.807, 2.05) is 0 Å². The maximum atomic E-state index is 13.1. The number of hydrogen-bond acceptors (Lipinski definition) is 4. The van der Waals surface area contributed by atoms with Gasteiger partial charge in [-0.1, -0.05) is 53.0 Å². The minimum atomic E-state index is -0.579. The van der Waals surface area contributed by atoms with Gasteiger partial charge in [0.25, 0.3) is 5.91 Å². The molecule has 0 atom stereocenters. The van der Waals surface area contributed by atoms with Crippen LogP contribution in [0.2, 0.25) is 15.1 Å². The van der Waals surface area contributed by atoms with E-state index in [1.54, 1.807) is 30.3 Å².